The van der Waals surface area contributed by atoms with Gasteiger partial charge in [-0.15, -0.1) is 0 Å². The van der Waals surface area contributed by atoms with E-state index in [4.69, 9.17) is 9.47 Å². The third-order valence-electron chi connectivity index (χ3n) is 4.47. The summed E-state index contributed by atoms with van der Waals surface area (Å²) in [6.07, 6.45) is 0.371. The van der Waals surface area contributed by atoms with Crippen LogP contribution in [-0.2, 0) is 14.6 Å². The number of rotatable bonds is 5. The molecule has 0 spiro atoms. The predicted octanol–water partition coefficient (Wildman–Crippen LogP) is 2.74. The first kappa shape index (κ1) is 18.3. The minimum Gasteiger partial charge on any atom is -0.497 e. The van der Waals surface area contributed by atoms with Gasteiger partial charge in [-0.25, -0.2) is 8.42 Å². The molecule has 0 radical (unpaired) electrons. The molecule has 0 aromatic heterocycles. The van der Waals surface area contributed by atoms with E-state index in [-0.39, 0.29) is 17.4 Å². The molecular formula is C19H21NO5S. The van der Waals surface area contributed by atoms with E-state index in [1.165, 1.54) is 0 Å². The number of ether oxygens (including phenoxy) is 2. The molecule has 1 N–H and O–H groups in total. The van der Waals surface area contributed by atoms with Crippen LogP contribution >= 0.6 is 0 Å². The van der Waals surface area contributed by atoms with Gasteiger partial charge in [-0.3, -0.25) is 4.79 Å². The zero-order valence-corrected chi connectivity index (χ0v) is 15.5. The Bertz CT molecular complexity index is 906. The Morgan fingerprint density at radius 3 is 2.38 bits per heavy atom. The summed E-state index contributed by atoms with van der Waals surface area (Å²) in [5.74, 6) is 0.658. The molecule has 0 unspecified atom stereocenters. The van der Waals surface area contributed by atoms with E-state index in [2.05, 4.69) is 5.32 Å². The Hall–Kier alpha value is -2.54. The molecule has 0 bridgehead atoms. The molecule has 138 valence electrons. The summed E-state index contributed by atoms with van der Waals surface area (Å²) in [6.45, 7) is 0. The highest BCUT2D eigenvalue weighted by Crippen LogP contribution is 2.34. The lowest BCUT2D eigenvalue weighted by atomic mass is 10.0. The van der Waals surface area contributed by atoms with Crippen molar-refractivity contribution in [3.8, 4) is 22.6 Å². The summed E-state index contributed by atoms with van der Waals surface area (Å²) in [7, 11) is 0.0995. The summed E-state index contributed by atoms with van der Waals surface area (Å²) in [5, 5.41) is 2.82. The van der Waals surface area contributed by atoms with Gasteiger partial charge in [-0.2, -0.15) is 0 Å². The van der Waals surface area contributed by atoms with Crippen LogP contribution in [0.25, 0.3) is 11.1 Å². The summed E-state index contributed by atoms with van der Waals surface area (Å²) < 4.78 is 33.7. The van der Waals surface area contributed by atoms with E-state index in [0.717, 1.165) is 16.9 Å². The molecule has 1 saturated heterocycles. The molecule has 26 heavy (non-hydrogen) atoms. The van der Waals surface area contributed by atoms with Gasteiger partial charge in [0.1, 0.15) is 11.5 Å². The molecule has 2 aromatic carbocycles. The van der Waals surface area contributed by atoms with Gasteiger partial charge in [0, 0.05) is 11.3 Å². The molecule has 0 aliphatic carbocycles. The van der Waals surface area contributed by atoms with Crippen LogP contribution in [-0.4, -0.2) is 40.1 Å². The molecule has 6 nitrogen and oxygen atoms in total. The summed E-state index contributed by atoms with van der Waals surface area (Å²) in [4.78, 5) is 12.4. The zero-order valence-electron chi connectivity index (χ0n) is 14.7. The number of benzene rings is 2. The van der Waals surface area contributed by atoms with E-state index < -0.39 is 15.8 Å². The van der Waals surface area contributed by atoms with Crippen molar-refractivity contribution >= 4 is 21.4 Å². The number of anilines is 1. The summed E-state index contributed by atoms with van der Waals surface area (Å²) in [6, 6.07) is 12.9. The highest BCUT2D eigenvalue weighted by atomic mass is 32.2. The summed E-state index contributed by atoms with van der Waals surface area (Å²) >= 11 is 0. The summed E-state index contributed by atoms with van der Waals surface area (Å²) in [5.41, 5.74) is 2.35. The standard InChI is InChI=1S/C19H21NO5S/c1-24-16-6-3-13(4-7-16)17-11-15(5-8-18(17)25-2)20-19(21)14-9-10-26(22,23)12-14/h3-8,11,14H,9-10,12H2,1-2H3,(H,20,21)/t14-/m1/s1. The minimum absolute atomic E-state index is 0.0742. The van der Waals surface area contributed by atoms with Crippen molar-refractivity contribution in [3.05, 3.63) is 42.5 Å². The highest BCUT2D eigenvalue weighted by Gasteiger charge is 2.33. The maximum absolute atomic E-state index is 12.4. The topological polar surface area (TPSA) is 81.7 Å². The molecule has 1 amide bonds. The van der Waals surface area contributed by atoms with E-state index in [9.17, 15) is 13.2 Å². The molecule has 1 fully saturated rings. The molecule has 1 aliphatic heterocycles. The molecule has 2 aromatic rings. The lowest BCUT2D eigenvalue weighted by Crippen LogP contribution is -2.23. The van der Waals surface area contributed by atoms with Crippen LogP contribution in [0.3, 0.4) is 0 Å². The normalized spacial score (nSPS) is 18.3. The Labute approximate surface area is 153 Å². The number of carbonyl (C=O) groups excluding carboxylic acids is 1. The molecule has 1 atom stereocenters. The lowest BCUT2D eigenvalue weighted by molar-refractivity contribution is -0.119. The number of sulfone groups is 1. The third-order valence-corrected chi connectivity index (χ3v) is 6.24. The lowest BCUT2D eigenvalue weighted by Gasteiger charge is -2.14. The van der Waals surface area contributed by atoms with Gasteiger partial charge < -0.3 is 14.8 Å². The Balaban J connectivity index is 1.84. The van der Waals surface area contributed by atoms with Crippen molar-refractivity contribution in [2.75, 3.05) is 31.0 Å². The average molecular weight is 375 g/mol. The predicted molar refractivity (Wildman–Crippen MR) is 100 cm³/mol. The number of methoxy groups -OCH3 is 2. The van der Waals surface area contributed by atoms with Gasteiger partial charge >= 0.3 is 0 Å². The fourth-order valence-electron chi connectivity index (χ4n) is 3.03. The quantitative estimate of drug-likeness (QED) is 0.869. The number of hydrogen-bond acceptors (Lipinski definition) is 5. The van der Waals surface area contributed by atoms with Crippen molar-refractivity contribution < 1.29 is 22.7 Å². The smallest absolute Gasteiger partial charge is 0.228 e. The largest absolute Gasteiger partial charge is 0.497 e. The monoisotopic (exact) mass is 375 g/mol. The molecule has 0 saturated carbocycles. The Morgan fingerprint density at radius 1 is 1.08 bits per heavy atom. The van der Waals surface area contributed by atoms with Gasteiger partial charge in [-0.1, -0.05) is 12.1 Å². The molecule has 3 rings (SSSR count). The second-order valence-corrected chi connectivity index (χ2v) is 8.46. The Morgan fingerprint density at radius 2 is 1.81 bits per heavy atom. The number of nitrogens with one attached hydrogen (secondary N) is 1. The van der Waals surface area contributed by atoms with E-state index in [1.54, 1.807) is 26.4 Å². The van der Waals surface area contributed by atoms with Gasteiger partial charge in [0.05, 0.1) is 31.6 Å². The van der Waals surface area contributed by atoms with Crippen LogP contribution in [0.1, 0.15) is 6.42 Å². The first-order valence-corrected chi connectivity index (χ1v) is 10.1. The number of amides is 1. The number of carbonyl (C=O) groups is 1. The van der Waals surface area contributed by atoms with Crippen LogP contribution in [0.15, 0.2) is 42.5 Å². The van der Waals surface area contributed by atoms with E-state index in [1.807, 2.05) is 30.3 Å². The van der Waals surface area contributed by atoms with Crippen LogP contribution in [0.4, 0.5) is 5.69 Å². The maximum Gasteiger partial charge on any atom is 0.228 e. The van der Waals surface area contributed by atoms with E-state index in [0.29, 0.717) is 17.9 Å². The second kappa shape index (κ2) is 7.37. The van der Waals surface area contributed by atoms with Crippen molar-refractivity contribution in [2.45, 2.75) is 6.42 Å². The average Bonchev–Trinajstić information content (AvgIpc) is 3.02. The molecule has 1 aliphatic rings. The first-order valence-electron chi connectivity index (χ1n) is 8.25. The maximum atomic E-state index is 12.4. The van der Waals surface area contributed by atoms with Crippen molar-refractivity contribution in [1.29, 1.82) is 0 Å². The second-order valence-electron chi connectivity index (χ2n) is 6.23. The van der Waals surface area contributed by atoms with Crippen molar-refractivity contribution in [2.24, 2.45) is 5.92 Å². The third kappa shape index (κ3) is 3.99. The molecular weight excluding hydrogens is 354 g/mol. The van der Waals surface area contributed by atoms with E-state index >= 15 is 0 Å². The first-order chi connectivity index (χ1) is 12.4. The van der Waals surface area contributed by atoms with Crippen LogP contribution < -0.4 is 14.8 Å². The van der Waals surface area contributed by atoms with Gasteiger partial charge in [0.15, 0.2) is 9.84 Å². The molecule has 7 heteroatoms. The number of hydrogen-bond donors (Lipinski definition) is 1. The van der Waals surface area contributed by atoms with Crippen LogP contribution in [0.2, 0.25) is 0 Å². The van der Waals surface area contributed by atoms with Gasteiger partial charge in [0.2, 0.25) is 5.91 Å². The SMILES string of the molecule is COc1ccc(-c2cc(NC(=O)[C@@H]3CCS(=O)(=O)C3)ccc2OC)cc1. The van der Waals surface area contributed by atoms with Crippen LogP contribution in [0, 0.1) is 5.92 Å². The Kier molecular flexibility index (Phi) is 5.18. The highest BCUT2D eigenvalue weighted by molar-refractivity contribution is 7.91. The van der Waals surface area contributed by atoms with Crippen molar-refractivity contribution in [1.82, 2.24) is 0 Å². The van der Waals surface area contributed by atoms with Crippen LogP contribution in [0.5, 0.6) is 11.5 Å². The minimum atomic E-state index is -3.09. The van der Waals surface area contributed by atoms with Gasteiger partial charge in [-0.05, 0) is 42.3 Å². The fourth-order valence-corrected chi connectivity index (χ4v) is 4.77. The van der Waals surface area contributed by atoms with Gasteiger partial charge in [0.25, 0.3) is 0 Å². The van der Waals surface area contributed by atoms with Crippen molar-refractivity contribution in [3.63, 3.8) is 0 Å². The zero-order chi connectivity index (χ0) is 18.7. The molecule has 1 heterocycles. The fraction of sp³-hybridized carbons (Fsp3) is 0.316.